The lowest BCUT2D eigenvalue weighted by atomic mass is 9.78. The van der Waals surface area contributed by atoms with Gasteiger partial charge in [0.05, 0.1) is 19.8 Å². The van der Waals surface area contributed by atoms with E-state index in [-0.39, 0.29) is 17.9 Å². The third-order valence-electron chi connectivity index (χ3n) is 4.98. The molecule has 0 saturated heterocycles. The van der Waals surface area contributed by atoms with Crippen LogP contribution in [-0.2, 0) is 10.2 Å². The van der Waals surface area contributed by atoms with E-state index in [4.69, 9.17) is 19.3 Å². The van der Waals surface area contributed by atoms with Crippen LogP contribution < -0.4 is 9.47 Å². The summed E-state index contributed by atoms with van der Waals surface area (Å²) in [7, 11) is 1.71. The SMILES string of the molecule is COCC(C)COc1ccc(C(C)(C)c2ccc(OCC(C)CO)cc2)cc1. The zero-order valence-electron chi connectivity index (χ0n) is 17.8. The van der Waals surface area contributed by atoms with Gasteiger partial charge < -0.3 is 19.3 Å². The minimum Gasteiger partial charge on any atom is -0.493 e. The maximum atomic E-state index is 9.10. The highest BCUT2D eigenvalue weighted by atomic mass is 16.5. The summed E-state index contributed by atoms with van der Waals surface area (Å²) < 4.78 is 16.7. The second-order valence-electron chi connectivity index (χ2n) is 8.14. The van der Waals surface area contributed by atoms with Crippen molar-refractivity contribution >= 4 is 0 Å². The Morgan fingerprint density at radius 1 is 0.750 bits per heavy atom. The molecule has 2 aromatic carbocycles. The lowest BCUT2D eigenvalue weighted by Gasteiger charge is -2.26. The van der Waals surface area contributed by atoms with Crippen molar-refractivity contribution in [1.29, 1.82) is 0 Å². The van der Waals surface area contributed by atoms with Gasteiger partial charge in [0.25, 0.3) is 0 Å². The Hall–Kier alpha value is -2.04. The number of benzene rings is 2. The first-order valence-electron chi connectivity index (χ1n) is 9.93. The van der Waals surface area contributed by atoms with Gasteiger partial charge in [-0.05, 0) is 35.4 Å². The average molecular weight is 387 g/mol. The Labute approximate surface area is 169 Å². The molecule has 2 unspecified atom stereocenters. The second kappa shape index (κ2) is 10.5. The standard InChI is InChI=1S/C24H34O4/c1-18(14-25)16-27-22-10-6-20(7-11-22)24(3,4)21-8-12-23(13-9-21)28-17-19(2)15-26-5/h6-13,18-19,25H,14-17H2,1-5H3. The first kappa shape index (κ1) is 22.3. The number of ether oxygens (including phenoxy) is 3. The summed E-state index contributed by atoms with van der Waals surface area (Å²) in [6.45, 7) is 10.5. The topological polar surface area (TPSA) is 47.9 Å². The molecule has 0 aliphatic carbocycles. The molecule has 28 heavy (non-hydrogen) atoms. The van der Waals surface area contributed by atoms with Gasteiger partial charge in [-0.15, -0.1) is 0 Å². The summed E-state index contributed by atoms with van der Waals surface area (Å²) in [6.07, 6.45) is 0. The molecule has 2 atom stereocenters. The number of hydrogen-bond donors (Lipinski definition) is 1. The van der Waals surface area contributed by atoms with E-state index in [9.17, 15) is 0 Å². The summed E-state index contributed by atoms with van der Waals surface area (Å²) in [5.41, 5.74) is 2.32. The van der Waals surface area contributed by atoms with E-state index in [1.54, 1.807) is 7.11 Å². The van der Waals surface area contributed by atoms with Crippen molar-refractivity contribution in [3.63, 3.8) is 0 Å². The van der Waals surface area contributed by atoms with Gasteiger partial charge in [-0.25, -0.2) is 0 Å². The van der Waals surface area contributed by atoms with E-state index in [2.05, 4.69) is 45.0 Å². The molecule has 0 amide bonds. The monoisotopic (exact) mass is 386 g/mol. The normalized spacial score (nSPS) is 13.8. The molecule has 2 rings (SSSR count). The van der Waals surface area contributed by atoms with E-state index >= 15 is 0 Å². The predicted molar refractivity (Wildman–Crippen MR) is 113 cm³/mol. The Balaban J connectivity index is 2.01. The Bertz CT molecular complexity index is 692. The molecule has 0 aliphatic heterocycles. The molecule has 0 spiro atoms. The van der Waals surface area contributed by atoms with Crippen molar-refractivity contribution in [2.45, 2.75) is 33.1 Å². The van der Waals surface area contributed by atoms with Crippen molar-refractivity contribution in [2.24, 2.45) is 11.8 Å². The van der Waals surface area contributed by atoms with Crippen LogP contribution in [0.2, 0.25) is 0 Å². The average Bonchev–Trinajstić information content (AvgIpc) is 2.71. The van der Waals surface area contributed by atoms with Crippen molar-refractivity contribution in [3.05, 3.63) is 59.7 Å². The van der Waals surface area contributed by atoms with Gasteiger partial charge >= 0.3 is 0 Å². The van der Waals surface area contributed by atoms with Crippen LogP contribution in [0.3, 0.4) is 0 Å². The molecular formula is C24H34O4. The second-order valence-corrected chi connectivity index (χ2v) is 8.14. The van der Waals surface area contributed by atoms with Crippen molar-refractivity contribution in [1.82, 2.24) is 0 Å². The molecule has 154 valence electrons. The van der Waals surface area contributed by atoms with Crippen LogP contribution in [0.15, 0.2) is 48.5 Å². The summed E-state index contributed by atoms with van der Waals surface area (Å²) in [4.78, 5) is 0. The number of aliphatic hydroxyl groups excluding tert-OH is 1. The zero-order chi connectivity index (χ0) is 20.6. The first-order valence-corrected chi connectivity index (χ1v) is 9.93. The van der Waals surface area contributed by atoms with Crippen LogP contribution in [-0.4, -0.2) is 38.6 Å². The smallest absolute Gasteiger partial charge is 0.119 e. The quantitative estimate of drug-likeness (QED) is 0.609. The lowest BCUT2D eigenvalue weighted by Crippen LogP contribution is -2.19. The third-order valence-corrected chi connectivity index (χ3v) is 4.98. The van der Waals surface area contributed by atoms with Crippen LogP contribution in [0, 0.1) is 11.8 Å². The van der Waals surface area contributed by atoms with E-state index in [0.29, 0.717) is 25.7 Å². The molecule has 0 heterocycles. The lowest BCUT2D eigenvalue weighted by molar-refractivity contribution is 0.127. The molecule has 0 aliphatic rings. The van der Waals surface area contributed by atoms with Gasteiger partial charge in [-0.3, -0.25) is 0 Å². The number of methoxy groups -OCH3 is 1. The number of hydrogen-bond acceptors (Lipinski definition) is 4. The highest BCUT2D eigenvalue weighted by Crippen LogP contribution is 2.33. The molecule has 4 nitrogen and oxygen atoms in total. The summed E-state index contributed by atoms with van der Waals surface area (Å²) in [5, 5.41) is 9.10. The fraction of sp³-hybridized carbons (Fsp3) is 0.500. The van der Waals surface area contributed by atoms with E-state index < -0.39 is 0 Å². The summed E-state index contributed by atoms with van der Waals surface area (Å²) in [5.74, 6) is 2.20. The maximum Gasteiger partial charge on any atom is 0.119 e. The van der Waals surface area contributed by atoms with Crippen LogP contribution in [0.1, 0.15) is 38.8 Å². The summed E-state index contributed by atoms with van der Waals surface area (Å²) in [6, 6.07) is 16.5. The van der Waals surface area contributed by atoms with Crippen LogP contribution >= 0.6 is 0 Å². The van der Waals surface area contributed by atoms with E-state index in [0.717, 1.165) is 11.5 Å². The molecule has 0 fully saturated rings. The Kier molecular flexibility index (Phi) is 8.34. The molecule has 0 saturated carbocycles. The molecule has 2 aromatic rings. The zero-order valence-corrected chi connectivity index (χ0v) is 17.8. The molecule has 0 radical (unpaired) electrons. The predicted octanol–water partition coefficient (Wildman–Crippen LogP) is 4.68. The van der Waals surface area contributed by atoms with Gasteiger partial charge in [0.15, 0.2) is 0 Å². The molecule has 0 aromatic heterocycles. The number of rotatable bonds is 11. The van der Waals surface area contributed by atoms with Crippen LogP contribution in [0.25, 0.3) is 0 Å². The minimum atomic E-state index is -0.126. The third kappa shape index (κ3) is 6.25. The molecular weight excluding hydrogens is 352 g/mol. The minimum absolute atomic E-state index is 0.126. The molecule has 1 N–H and O–H groups in total. The largest absolute Gasteiger partial charge is 0.493 e. The van der Waals surface area contributed by atoms with Gasteiger partial charge in [0.1, 0.15) is 11.5 Å². The maximum absolute atomic E-state index is 9.10. The van der Waals surface area contributed by atoms with Crippen LogP contribution in [0.5, 0.6) is 11.5 Å². The Morgan fingerprint density at radius 2 is 1.18 bits per heavy atom. The van der Waals surface area contributed by atoms with Crippen molar-refractivity contribution in [2.75, 3.05) is 33.5 Å². The van der Waals surface area contributed by atoms with Gasteiger partial charge in [-0.2, -0.15) is 0 Å². The van der Waals surface area contributed by atoms with Crippen molar-refractivity contribution < 1.29 is 19.3 Å². The van der Waals surface area contributed by atoms with E-state index in [1.165, 1.54) is 11.1 Å². The van der Waals surface area contributed by atoms with Gasteiger partial charge in [0, 0.05) is 31.0 Å². The number of aliphatic hydroxyl groups is 1. The van der Waals surface area contributed by atoms with E-state index in [1.807, 2.05) is 31.2 Å². The molecule has 4 heteroatoms. The van der Waals surface area contributed by atoms with Gasteiger partial charge in [-0.1, -0.05) is 52.0 Å². The fourth-order valence-electron chi connectivity index (χ4n) is 2.96. The highest BCUT2D eigenvalue weighted by Gasteiger charge is 2.23. The summed E-state index contributed by atoms with van der Waals surface area (Å²) >= 11 is 0. The van der Waals surface area contributed by atoms with Crippen LogP contribution in [0.4, 0.5) is 0 Å². The fourth-order valence-corrected chi connectivity index (χ4v) is 2.96. The van der Waals surface area contributed by atoms with Gasteiger partial charge in [0.2, 0.25) is 0 Å². The first-order chi connectivity index (χ1) is 13.4. The Morgan fingerprint density at radius 3 is 1.57 bits per heavy atom. The molecule has 0 bridgehead atoms. The van der Waals surface area contributed by atoms with Crippen molar-refractivity contribution in [3.8, 4) is 11.5 Å². The highest BCUT2D eigenvalue weighted by molar-refractivity contribution is 5.41.